The second-order valence-corrected chi connectivity index (χ2v) is 4.40. The number of carbonyl (C=O) groups is 2. The average Bonchev–Trinajstić information content (AvgIpc) is 2.55. The first-order valence-corrected chi connectivity index (χ1v) is 5.93. The van der Waals surface area contributed by atoms with Gasteiger partial charge in [-0.1, -0.05) is 13.8 Å². The minimum atomic E-state index is -0.958. The first-order valence-electron chi connectivity index (χ1n) is 5.93. The average molecular weight is 253 g/mol. The molecule has 2 N–H and O–H groups in total. The zero-order valence-corrected chi connectivity index (χ0v) is 11.1. The minimum Gasteiger partial charge on any atom is -0.480 e. The van der Waals surface area contributed by atoms with Crippen molar-refractivity contribution < 1.29 is 14.7 Å². The van der Waals surface area contributed by atoms with Gasteiger partial charge in [-0.3, -0.25) is 14.3 Å². The molecule has 1 unspecified atom stereocenters. The van der Waals surface area contributed by atoms with Crippen molar-refractivity contribution in [1.29, 1.82) is 0 Å². The van der Waals surface area contributed by atoms with E-state index in [1.165, 1.54) is 4.68 Å². The molecule has 100 valence electrons. The largest absolute Gasteiger partial charge is 0.480 e. The Labute approximate surface area is 106 Å². The number of rotatable bonds is 5. The van der Waals surface area contributed by atoms with Crippen LogP contribution >= 0.6 is 0 Å². The van der Waals surface area contributed by atoms with E-state index in [1.54, 1.807) is 13.8 Å². The summed E-state index contributed by atoms with van der Waals surface area (Å²) < 4.78 is 1.38. The topological polar surface area (TPSA) is 84.2 Å². The highest BCUT2D eigenvalue weighted by atomic mass is 16.4. The van der Waals surface area contributed by atoms with Gasteiger partial charge >= 0.3 is 5.97 Å². The molecular weight excluding hydrogens is 234 g/mol. The Balaban J connectivity index is 2.93. The maximum absolute atomic E-state index is 11.8. The molecule has 0 fully saturated rings. The predicted molar refractivity (Wildman–Crippen MR) is 67.4 cm³/mol. The number of nitrogens with zero attached hydrogens (tertiary/aromatic N) is 2. The Kier molecular flexibility index (Phi) is 4.47. The van der Waals surface area contributed by atoms with Crippen LogP contribution in [-0.2, 0) is 16.1 Å². The van der Waals surface area contributed by atoms with Crippen molar-refractivity contribution in [2.45, 2.75) is 40.7 Å². The second kappa shape index (κ2) is 5.66. The highest BCUT2D eigenvalue weighted by Crippen LogP contribution is 2.20. The van der Waals surface area contributed by atoms with Crippen LogP contribution in [0, 0.1) is 19.8 Å². The van der Waals surface area contributed by atoms with Crippen LogP contribution in [0.3, 0.4) is 0 Å². The zero-order chi connectivity index (χ0) is 13.9. The summed E-state index contributed by atoms with van der Waals surface area (Å²) in [6, 6.07) is 0. The van der Waals surface area contributed by atoms with Gasteiger partial charge in [0.05, 0.1) is 17.1 Å². The van der Waals surface area contributed by atoms with E-state index in [1.807, 2.05) is 13.8 Å². The van der Waals surface area contributed by atoms with Crippen LogP contribution in [0.2, 0.25) is 0 Å². The Bertz CT molecular complexity index is 465. The Morgan fingerprint density at radius 2 is 2.06 bits per heavy atom. The molecule has 1 heterocycles. The number of aryl methyl sites for hydroxylation is 1. The summed E-state index contributed by atoms with van der Waals surface area (Å²) in [6.45, 7) is 7.08. The molecule has 0 aromatic carbocycles. The van der Waals surface area contributed by atoms with Gasteiger partial charge in [-0.05, 0) is 20.3 Å². The van der Waals surface area contributed by atoms with Crippen molar-refractivity contribution in [3.8, 4) is 0 Å². The molecule has 0 spiro atoms. The molecule has 0 radical (unpaired) electrons. The maximum Gasteiger partial charge on any atom is 0.325 e. The summed E-state index contributed by atoms with van der Waals surface area (Å²) >= 11 is 0. The lowest BCUT2D eigenvalue weighted by Gasteiger charge is -2.10. The SMILES string of the molecule is CCC(C)C(=O)Nc1c(C)nn(CC(=O)O)c1C. The number of hydrogen-bond acceptors (Lipinski definition) is 3. The maximum atomic E-state index is 11.8. The standard InChI is InChI=1S/C12H19N3O3/c1-5-7(2)12(18)13-11-8(3)14-15(9(11)4)6-10(16)17/h7H,5-6H2,1-4H3,(H,13,18)(H,16,17). The van der Waals surface area contributed by atoms with Gasteiger partial charge in [0.15, 0.2) is 0 Å². The molecule has 0 aliphatic heterocycles. The summed E-state index contributed by atoms with van der Waals surface area (Å²) in [5.41, 5.74) is 1.90. The number of amides is 1. The molecule has 1 amide bonds. The number of anilines is 1. The molecular formula is C12H19N3O3. The van der Waals surface area contributed by atoms with E-state index in [0.717, 1.165) is 6.42 Å². The first kappa shape index (κ1) is 14.2. The number of aromatic nitrogens is 2. The fraction of sp³-hybridized carbons (Fsp3) is 0.583. The zero-order valence-electron chi connectivity index (χ0n) is 11.1. The van der Waals surface area contributed by atoms with Crippen molar-refractivity contribution in [2.75, 3.05) is 5.32 Å². The molecule has 0 bridgehead atoms. The molecule has 1 rings (SSSR count). The monoisotopic (exact) mass is 253 g/mol. The number of aliphatic carboxylic acids is 1. The van der Waals surface area contributed by atoms with Crippen molar-refractivity contribution in [3.05, 3.63) is 11.4 Å². The molecule has 0 saturated heterocycles. The van der Waals surface area contributed by atoms with Crippen LogP contribution in [0.5, 0.6) is 0 Å². The highest BCUT2D eigenvalue weighted by molar-refractivity contribution is 5.93. The van der Waals surface area contributed by atoms with Crippen molar-refractivity contribution in [3.63, 3.8) is 0 Å². The molecule has 6 nitrogen and oxygen atoms in total. The van der Waals surface area contributed by atoms with E-state index in [4.69, 9.17) is 5.11 Å². The lowest BCUT2D eigenvalue weighted by molar-refractivity contribution is -0.137. The smallest absolute Gasteiger partial charge is 0.325 e. The Morgan fingerprint density at radius 1 is 1.44 bits per heavy atom. The molecule has 6 heteroatoms. The number of carboxylic acid groups (broad SMARTS) is 1. The van der Waals surface area contributed by atoms with Crippen LogP contribution in [0.1, 0.15) is 31.7 Å². The van der Waals surface area contributed by atoms with Gasteiger partial charge in [-0.15, -0.1) is 0 Å². The van der Waals surface area contributed by atoms with Gasteiger partial charge in [-0.25, -0.2) is 0 Å². The Morgan fingerprint density at radius 3 is 2.56 bits per heavy atom. The number of carboxylic acids is 1. The van der Waals surface area contributed by atoms with E-state index >= 15 is 0 Å². The van der Waals surface area contributed by atoms with Gasteiger partial charge in [0.2, 0.25) is 5.91 Å². The fourth-order valence-corrected chi connectivity index (χ4v) is 1.59. The van der Waals surface area contributed by atoms with Crippen molar-refractivity contribution >= 4 is 17.6 Å². The van der Waals surface area contributed by atoms with E-state index in [9.17, 15) is 9.59 Å². The summed E-state index contributed by atoms with van der Waals surface area (Å²) in [6.07, 6.45) is 0.757. The summed E-state index contributed by atoms with van der Waals surface area (Å²) in [4.78, 5) is 22.5. The Hall–Kier alpha value is -1.85. The van der Waals surface area contributed by atoms with Crippen LogP contribution < -0.4 is 5.32 Å². The van der Waals surface area contributed by atoms with Crippen LogP contribution in [0.15, 0.2) is 0 Å². The normalized spacial score (nSPS) is 12.2. The summed E-state index contributed by atoms with van der Waals surface area (Å²) in [5.74, 6) is -1.11. The highest BCUT2D eigenvalue weighted by Gasteiger charge is 2.17. The second-order valence-electron chi connectivity index (χ2n) is 4.40. The fourth-order valence-electron chi connectivity index (χ4n) is 1.59. The third-order valence-corrected chi connectivity index (χ3v) is 2.97. The van der Waals surface area contributed by atoms with E-state index in [0.29, 0.717) is 17.1 Å². The number of hydrogen-bond donors (Lipinski definition) is 2. The molecule has 18 heavy (non-hydrogen) atoms. The van der Waals surface area contributed by atoms with Crippen molar-refractivity contribution in [2.24, 2.45) is 5.92 Å². The van der Waals surface area contributed by atoms with Crippen molar-refractivity contribution in [1.82, 2.24) is 9.78 Å². The van der Waals surface area contributed by atoms with E-state index in [2.05, 4.69) is 10.4 Å². The third kappa shape index (κ3) is 3.09. The number of carbonyl (C=O) groups excluding carboxylic acids is 1. The lowest BCUT2D eigenvalue weighted by atomic mass is 10.1. The van der Waals surface area contributed by atoms with E-state index < -0.39 is 5.97 Å². The summed E-state index contributed by atoms with van der Waals surface area (Å²) in [5, 5.41) is 15.7. The van der Waals surface area contributed by atoms with E-state index in [-0.39, 0.29) is 18.4 Å². The van der Waals surface area contributed by atoms with Gasteiger partial charge in [-0.2, -0.15) is 5.10 Å². The number of nitrogens with one attached hydrogen (secondary N) is 1. The van der Waals surface area contributed by atoms with Gasteiger partial charge in [0, 0.05) is 5.92 Å². The van der Waals surface area contributed by atoms with Gasteiger partial charge < -0.3 is 10.4 Å². The van der Waals surface area contributed by atoms with Crippen LogP contribution in [-0.4, -0.2) is 26.8 Å². The lowest BCUT2D eigenvalue weighted by Crippen LogP contribution is -2.20. The third-order valence-electron chi connectivity index (χ3n) is 2.97. The minimum absolute atomic E-state index is 0.0708. The van der Waals surface area contributed by atoms with Gasteiger partial charge in [0.25, 0.3) is 0 Å². The quantitative estimate of drug-likeness (QED) is 0.834. The summed E-state index contributed by atoms with van der Waals surface area (Å²) in [7, 11) is 0. The van der Waals surface area contributed by atoms with Crippen LogP contribution in [0.25, 0.3) is 0 Å². The molecule has 1 aromatic rings. The molecule has 0 aliphatic carbocycles. The van der Waals surface area contributed by atoms with Gasteiger partial charge in [0.1, 0.15) is 6.54 Å². The molecule has 0 aliphatic rings. The molecule has 0 saturated carbocycles. The van der Waals surface area contributed by atoms with Crippen LogP contribution in [0.4, 0.5) is 5.69 Å². The molecule has 1 aromatic heterocycles. The predicted octanol–water partition coefficient (Wildman–Crippen LogP) is 1.57. The first-order chi connectivity index (χ1) is 8.36. The molecule has 1 atom stereocenters.